The Bertz CT molecular complexity index is 459. The predicted octanol–water partition coefficient (Wildman–Crippen LogP) is 4.48. The van der Waals surface area contributed by atoms with E-state index >= 15 is 0 Å². The first kappa shape index (κ1) is 16.3. The highest BCUT2D eigenvalue weighted by atomic mass is 19.1. The van der Waals surface area contributed by atoms with Crippen molar-refractivity contribution < 1.29 is 4.39 Å². The minimum atomic E-state index is -0.105. The molecule has 0 spiro atoms. The average molecular weight is 292 g/mol. The van der Waals surface area contributed by atoms with E-state index in [9.17, 15) is 4.39 Å². The molecule has 0 saturated heterocycles. The van der Waals surface area contributed by atoms with Gasteiger partial charge in [-0.15, -0.1) is 0 Å². The van der Waals surface area contributed by atoms with Crippen LogP contribution in [0, 0.1) is 5.82 Å². The minimum Gasteiger partial charge on any atom is -0.371 e. The van der Waals surface area contributed by atoms with E-state index in [0.29, 0.717) is 12.6 Å². The fraction of sp³-hybridized carbons (Fsp3) is 0.667. The van der Waals surface area contributed by atoms with Gasteiger partial charge in [-0.25, -0.2) is 4.39 Å². The summed E-state index contributed by atoms with van der Waals surface area (Å²) in [5.74, 6) is -0.105. The number of anilines is 1. The molecule has 0 aromatic heterocycles. The topological polar surface area (TPSA) is 15.3 Å². The maximum atomic E-state index is 14.3. The van der Waals surface area contributed by atoms with Crippen molar-refractivity contribution in [3.8, 4) is 0 Å². The Morgan fingerprint density at radius 3 is 2.48 bits per heavy atom. The van der Waals surface area contributed by atoms with Crippen molar-refractivity contribution in [1.82, 2.24) is 5.32 Å². The summed E-state index contributed by atoms with van der Waals surface area (Å²) in [6.45, 7) is 6.90. The Labute approximate surface area is 128 Å². The third-order valence-corrected chi connectivity index (χ3v) is 4.39. The van der Waals surface area contributed by atoms with Crippen LogP contribution in [0.15, 0.2) is 18.2 Å². The monoisotopic (exact) mass is 292 g/mol. The van der Waals surface area contributed by atoms with Gasteiger partial charge < -0.3 is 10.2 Å². The van der Waals surface area contributed by atoms with Crippen LogP contribution in [0.5, 0.6) is 0 Å². The first-order valence-corrected chi connectivity index (χ1v) is 8.14. The van der Waals surface area contributed by atoms with Crippen LogP contribution in [0.4, 0.5) is 10.1 Å². The molecule has 118 valence electrons. The lowest BCUT2D eigenvalue weighted by Gasteiger charge is -2.34. The molecule has 21 heavy (non-hydrogen) atoms. The molecule has 1 N–H and O–H groups in total. The van der Waals surface area contributed by atoms with Crippen LogP contribution in [0.2, 0.25) is 0 Å². The second-order valence-corrected chi connectivity index (χ2v) is 7.24. The number of nitrogens with one attached hydrogen (secondary N) is 1. The van der Waals surface area contributed by atoms with Gasteiger partial charge in [-0.2, -0.15) is 0 Å². The number of rotatable bonds is 4. The van der Waals surface area contributed by atoms with E-state index in [1.54, 1.807) is 6.07 Å². The zero-order valence-corrected chi connectivity index (χ0v) is 13.9. The van der Waals surface area contributed by atoms with Crippen LogP contribution in [-0.4, -0.2) is 18.6 Å². The summed E-state index contributed by atoms with van der Waals surface area (Å²) < 4.78 is 14.3. The zero-order chi connectivity index (χ0) is 15.5. The summed E-state index contributed by atoms with van der Waals surface area (Å²) in [6, 6.07) is 5.99. The van der Waals surface area contributed by atoms with Gasteiger partial charge in [-0.1, -0.05) is 25.3 Å². The predicted molar refractivity (Wildman–Crippen MR) is 88.3 cm³/mol. The summed E-state index contributed by atoms with van der Waals surface area (Å²) in [5, 5.41) is 3.41. The number of halogens is 1. The van der Waals surface area contributed by atoms with Crippen molar-refractivity contribution in [2.75, 3.05) is 11.9 Å². The van der Waals surface area contributed by atoms with Crippen LogP contribution in [0.25, 0.3) is 0 Å². The maximum Gasteiger partial charge on any atom is 0.129 e. The first-order valence-electron chi connectivity index (χ1n) is 8.14. The smallest absolute Gasteiger partial charge is 0.129 e. The summed E-state index contributed by atoms with van der Waals surface area (Å²) in [4.78, 5) is 2.29. The Kier molecular flexibility index (Phi) is 5.26. The van der Waals surface area contributed by atoms with Crippen molar-refractivity contribution in [3.05, 3.63) is 29.6 Å². The Hall–Kier alpha value is -1.09. The van der Waals surface area contributed by atoms with Crippen molar-refractivity contribution in [2.45, 2.75) is 71.0 Å². The second kappa shape index (κ2) is 6.78. The number of benzene rings is 1. The van der Waals surface area contributed by atoms with Gasteiger partial charge in [-0.05, 0) is 45.7 Å². The van der Waals surface area contributed by atoms with E-state index in [4.69, 9.17) is 0 Å². The van der Waals surface area contributed by atoms with Gasteiger partial charge in [0.05, 0.1) is 0 Å². The molecule has 0 bridgehead atoms. The van der Waals surface area contributed by atoms with Gasteiger partial charge in [0, 0.05) is 36.4 Å². The molecule has 2 nitrogen and oxygen atoms in total. The van der Waals surface area contributed by atoms with Crippen molar-refractivity contribution in [1.29, 1.82) is 0 Å². The molecule has 0 atom stereocenters. The minimum absolute atomic E-state index is 0.0110. The highest BCUT2D eigenvalue weighted by Crippen LogP contribution is 2.29. The molecule has 1 saturated carbocycles. The molecule has 1 aromatic carbocycles. The molecule has 0 unspecified atom stereocenters. The lowest BCUT2D eigenvalue weighted by molar-refractivity contribution is 0.413. The molecule has 0 radical (unpaired) electrons. The molecule has 0 heterocycles. The lowest BCUT2D eigenvalue weighted by Crippen LogP contribution is -2.37. The molecule has 1 fully saturated rings. The van der Waals surface area contributed by atoms with Gasteiger partial charge in [0.15, 0.2) is 0 Å². The third-order valence-electron chi connectivity index (χ3n) is 4.39. The number of hydrogen-bond acceptors (Lipinski definition) is 2. The van der Waals surface area contributed by atoms with Gasteiger partial charge >= 0.3 is 0 Å². The van der Waals surface area contributed by atoms with Crippen LogP contribution >= 0.6 is 0 Å². The first-order chi connectivity index (χ1) is 9.88. The van der Waals surface area contributed by atoms with Crippen molar-refractivity contribution >= 4 is 5.69 Å². The van der Waals surface area contributed by atoms with Crippen molar-refractivity contribution in [3.63, 3.8) is 0 Å². The number of nitrogens with zero attached hydrogens (tertiary/aromatic N) is 1. The van der Waals surface area contributed by atoms with E-state index in [2.05, 4.69) is 44.1 Å². The van der Waals surface area contributed by atoms with Gasteiger partial charge in [-0.3, -0.25) is 0 Å². The van der Waals surface area contributed by atoms with E-state index < -0.39 is 0 Å². The second-order valence-electron chi connectivity index (χ2n) is 7.24. The molecular formula is C18H29FN2. The molecule has 1 aliphatic carbocycles. The third kappa shape index (κ3) is 4.44. The quantitative estimate of drug-likeness (QED) is 0.880. The van der Waals surface area contributed by atoms with Crippen LogP contribution < -0.4 is 10.2 Å². The molecular weight excluding hydrogens is 263 g/mol. The molecule has 2 rings (SSSR count). The number of hydrogen-bond donors (Lipinski definition) is 1. The Balaban J connectivity index is 2.19. The standard InChI is InChI=1S/C18H29FN2/c1-18(2,3)20-13-15-16(19)11-8-12-17(15)21(4)14-9-6-5-7-10-14/h8,11-12,14,20H,5-7,9-10,13H2,1-4H3. The molecule has 0 aliphatic heterocycles. The Morgan fingerprint density at radius 1 is 1.19 bits per heavy atom. The van der Waals surface area contributed by atoms with E-state index in [1.165, 1.54) is 32.1 Å². The highest BCUT2D eigenvalue weighted by Gasteiger charge is 2.22. The fourth-order valence-electron chi connectivity index (χ4n) is 3.07. The maximum absolute atomic E-state index is 14.3. The summed E-state index contributed by atoms with van der Waals surface area (Å²) in [6.07, 6.45) is 6.37. The average Bonchev–Trinajstić information content (AvgIpc) is 2.45. The molecule has 0 amide bonds. The van der Waals surface area contributed by atoms with Gasteiger partial charge in [0.25, 0.3) is 0 Å². The highest BCUT2D eigenvalue weighted by molar-refractivity contribution is 5.54. The SMILES string of the molecule is CN(c1cccc(F)c1CNC(C)(C)C)C1CCCCC1. The summed E-state index contributed by atoms with van der Waals surface area (Å²) in [7, 11) is 2.12. The lowest BCUT2D eigenvalue weighted by atomic mass is 9.93. The van der Waals surface area contributed by atoms with Gasteiger partial charge in [0.1, 0.15) is 5.82 Å². The molecule has 1 aromatic rings. The van der Waals surface area contributed by atoms with Crippen LogP contribution in [0.3, 0.4) is 0 Å². The fourth-order valence-corrected chi connectivity index (χ4v) is 3.07. The van der Waals surface area contributed by atoms with Crippen LogP contribution in [0.1, 0.15) is 58.4 Å². The van der Waals surface area contributed by atoms with Crippen LogP contribution in [-0.2, 0) is 6.54 Å². The summed E-state index contributed by atoms with van der Waals surface area (Å²) >= 11 is 0. The van der Waals surface area contributed by atoms with Crippen molar-refractivity contribution in [2.24, 2.45) is 0 Å². The summed E-state index contributed by atoms with van der Waals surface area (Å²) in [5.41, 5.74) is 1.82. The Morgan fingerprint density at radius 2 is 1.86 bits per heavy atom. The van der Waals surface area contributed by atoms with E-state index in [-0.39, 0.29) is 11.4 Å². The zero-order valence-electron chi connectivity index (χ0n) is 13.9. The van der Waals surface area contributed by atoms with E-state index in [0.717, 1.165) is 11.3 Å². The molecule has 1 aliphatic rings. The largest absolute Gasteiger partial charge is 0.371 e. The van der Waals surface area contributed by atoms with Gasteiger partial charge in [0.2, 0.25) is 0 Å². The van der Waals surface area contributed by atoms with E-state index in [1.807, 2.05) is 6.07 Å². The normalized spacial score (nSPS) is 17.0. The molecule has 3 heteroatoms.